The van der Waals surface area contributed by atoms with E-state index in [1.54, 1.807) is 0 Å². The molecule has 0 aromatic heterocycles. The van der Waals surface area contributed by atoms with E-state index in [0.29, 0.717) is 13.2 Å². The van der Waals surface area contributed by atoms with Gasteiger partial charge >= 0.3 is 0 Å². The molecule has 0 fully saturated rings. The van der Waals surface area contributed by atoms with Crippen LogP contribution in [0.2, 0.25) is 0 Å². The smallest absolute Gasteiger partial charge is 0.231 e. The molecular formula is C15H20O4. The van der Waals surface area contributed by atoms with Gasteiger partial charge in [-0.25, -0.2) is 0 Å². The lowest BCUT2D eigenvalue weighted by Gasteiger charge is -2.08. The maximum absolute atomic E-state index is 5.69. The number of ether oxygens (including phenoxy) is 4. The van der Waals surface area contributed by atoms with E-state index < -0.39 is 0 Å². The molecule has 0 aliphatic carbocycles. The zero-order chi connectivity index (χ0) is 13.7. The van der Waals surface area contributed by atoms with Crippen LogP contribution in [-0.4, -0.2) is 26.1 Å². The van der Waals surface area contributed by atoms with Gasteiger partial charge in [0.2, 0.25) is 6.79 Å². The lowest BCUT2D eigenvalue weighted by atomic mass is 10.3. The molecular weight excluding hydrogens is 244 g/mol. The third kappa shape index (κ3) is 4.17. The first-order chi connectivity index (χ1) is 9.15. The van der Waals surface area contributed by atoms with E-state index in [2.05, 4.69) is 0 Å². The quantitative estimate of drug-likeness (QED) is 0.740. The number of rotatable bonds is 6. The molecule has 1 aromatic carbocycles. The molecule has 0 spiro atoms. The van der Waals surface area contributed by atoms with E-state index in [0.717, 1.165) is 22.8 Å². The van der Waals surface area contributed by atoms with Crippen LogP contribution >= 0.6 is 0 Å². The zero-order valence-electron chi connectivity index (χ0n) is 11.6. The Morgan fingerprint density at radius 3 is 2.89 bits per heavy atom. The highest BCUT2D eigenvalue weighted by Crippen LogP contribution is 2.35. The highest BCUT2D eigenvalue weighted by atomic mass is 16.7. The van der Waals surface area contributed by atoms with Crippen molar-refractivity contribution in [3.63, 3.8) is 0 Å². The molecule has 104 valence electrons. The highest BCUT2D eigenvalue weighted by molar-refractivity contribution is 5.46. The number of benzene rings is 1. The minimum atomic E-state index is 0.249. The molecule has 1 aliphatic rings. The first-order valence-electron chi connectivity index (χ1n) is 6.45. The molecule has 1 heterocycles. The SMILES string of the molecule is CC(=CCOC(C)C)COc1ccc2c(c1)OCO2. The summed E-state index contributed by atoms with van der Waals surface area (Å²) in [6, 6.07) is 5.59. The first kappa shape index (κ1) is 13.7. The summed E-state index contributed by atoms with van der Waals surface area (Å²) in [6.07, 6.45) is 2.28. The fourth-order valence-electron chi connectivity index (χ4n) is 1.61. The third-order valence-electron chi connectivity index (χ3n) is 2.67. The van der Waals surface area contributed by atoms with Gasteiger partial charge in [0.15, 0.2) is 11.5 Å². The van der Waals surface area contributed by atoms with Crippen molar-refractivity contribution in [1.29, 1.82) is 0 Å². The predicted molar refractivity (Wildman–Crippen MR) is 72.9 cm³/mol. The summed E-state index contributed by atoms with van der Waals surface area (Å²) >= 11 is 0. The van der Waals surface area contributed by atoms with Crippen molar-refractivity contribution in [3.05, 3.63) is 29.8 Å². The molecule has 0 unspecified atom stereocenters. The molecule has 1 aliphatic heterocycles. The second kappa shape index (κ2) is 6.48. The molecule has 0 N–H and O–H groups in total. The Hall–Kier alpha value is -1.68. The second-order valence-corrected chi connectivity index (χ2v) is 4.74. The summed E-state index contributed by atoms with van der Waals surface area (Å²) in [6.45, 7) is 7.51. The van der Waals surface area contributed by atoms with Gasteiger partial charge in [-0.1, -0.05) is 6.08 Å². The van der Waals surface area contributed by atoms with Gasteiger partial charge < -0.3 is 18.9 Å². The van der Waals surface area contributed by atoms with Gasteiger partial charge in [-0.15, -0.1) is 0 Å². The second-order valence-electron chi connectivity index (χ2n) is 4.74. The van der Waals surface area contributed by atoms with E-state index in [-0.39, 0.29) is 12.9 Å². The highest BCUT2D eigenvalue weighted by Gasteiger charge is 2.13. The Balaban J connectivity index is 1.81. The largest absolute Gasteiger partial charge is 0.489 e. The molecule has 0 bridgehead atoms. The normalized spacial score (nSPS) is 14.0. The predicted octanol–water partition coefficient (Wildman–Crippen LogP) is 3.17. The van der Waals surface area contributed by atoms with Crippen molar-refractivity contribution in [2.45, 2.75) is 26.9 Å². The first-order valence-corrected chi connectivity index (χ1v) is 6.45. The van der Waals surface area contributed by atoms with Gasteiger partial charge in [0.25, 0.3) is 0 Å². The van der Waals surface area contributed by atoms with E-state index in [1.807, 2.05) is 45.0 Å². The van der Waals surface area contributed by atoms with E-state index >= 15 is 0 Å². The Morgan fingerprint density at radius 1 is 1.32 bits per heavy atom. The number of fused-ring (bicyclic) bond motifs is 1. The Morgan fingerprint density at radius 2 is 2.11 bits per heavy atom. The van der Waals surface area contributed by atoms with Crippen LogP contribution in [0.25, 0.3) is 0 Å². The van der Waals surface area contributed by atoms with Gasteiger partial charge in [-0.3, -0.25) is 0 Å². The van der Waals surface area contributed by atoms with E-state index in [1.165, 1.54) is 0 Å². The third-order valence-corrected chi connectivity index (χ3v) is 2.67. The maximum Gasteiger partial charge on any atom is 0.231 e. The van der Waals surface area contributed by atoms with Crippen molar-refractivity contribution in [1.82, 2.24) is 0 Å². The summed E-state index contributed by atoms with van der Waals surface area (Å²) in [5.41, 5.74) is 1.14. The summed E-state index contributed by atoms with van der Waals surface area (Å²) < 4.78 is 21.7. The van der Waals surface area contributed by atoms with Gasteiger partial charge in [-0.2, -0.15) is 0 Å². The Bertz CT molecular complexity index is 451. The molecule has 0 saturated carbocycles. The number of hydrogen-bond donors (Lipinski definition) is 0. The average Bonchev–Trinajstić information content (AvgIpc) is 2.83. The lowest BCUT2D eigenvalue weighted by molar-refractivity contribution is 0.102. The molecule has 4 heteroatoms. The van der Waals surface area contributed by atoms with Crippen LogP contribution in [0, 0.1) is 0 Å². The lowest BCUT2D eigenvalue weighted by Crippen LogP contribution is -2.04. The summed E-state index contributed by atoms with van der Waals surface area (Å²) in [5, 5.41) is 0. The van der Waals surface area contributed by atoms with E-state index in [9.17, 15) is 0 Å². The minimum Gasteiger partial charge on any atom is -0.489 e. The molecule has 0 amide bonds. The van der Waals surface area contributed by atoms with Gasteiger partial charge in [0.1, 0.15) is 12.4 Å². The standard InChI is InChI=1S/C15H20O4/c1-11(2)16-7-6-12(3)9-17-13-4-5-14-15(8-13)19-10-18-14/h4-6,8,11H,7,9-10H2,1-3H3. The van der Waals surface area contributed by atoms with E-state index in [4.69, 9.17) is 18.9 Å². The van der Waals surface area contributed by atoms with Crippen LogP contribution in [0.5, 0.6) is 17.2 Å². The fraction of sp³-hybridized carbons (Fsp3) is 0.467. The van der Waals surface area contributed by atoms with Crippen LogP contribution in [0.4, 0.5) is 0 Å². The van der Waals surface area contributed by atoms with Crippen molar-refractivity contribution in [3.8, 4) is 17.2 Å². The molecule has 2 rings (SSSR count). The van der Waals surface area contributed by atoms with Crippen molar-refractivity contribution in [2.24, 2.45) is 0 Å². The fourth-order valence-corrected chi connectivity index (χ4v) is 1.61. The van der Waals surface area contributed by atoms with Gasteiger partial charge in [0.05, 0.1) is 12.7 Å². The van der Waals surface area contributed by atoms with Crippen LogP contribution < -0.4 is 14.2 Å². The topological polar surface area (TPSA) is 36.9 Å². The van der Waals surface area contributed by atoms with Crippen molar-refractivity contribution in [2.75, 3.05) is 20.0 Å². The molecule has 0 radical (unpaired) electrons. The molecule has 0 saturated heterocycles. The minimum absolute atomic E-state index is 0.249. The van der Waals surface area contributed by atoms with Crippen molar-refractivity contribution < 1.29 is 18.9 Å². The van der Waals surface area contributed by atoms with Gasteiger partial charge in [-0.05, 0) is 38.5 Å². The van der Waals surface area contributed by atoms with Crippen LogP contribution in [0.15, 0.2) is 29.8 Å². The summed E-state index contributed by atoms with van der Waals surface area (Å²) in [5.74, 6) is 2.29. The Kier molecular flexibility index (Phi) is 4.68. The molecule has 1 aromatic rings. The monoisotopic (exact) mass is 264 g/mol. The van der Waals surface area contributed by atoms with Crippen LogP contribution in [-0.2, 0) is 4.74 Å². The van der Waals surface area contributed by atoms with Crippen molar-refractivity contribution >= 4 is 0 Å². The molecule has 0 atom stereocenters. The maximum atomic E-state index is 5.69. The number of hydrogen-bond acceptors (Lipinski definition) is 4. The average molecular weight is 264 g/mol. The Labute approximate surface area is 113 Å². The summed E-state index contributed by atoms with van der Waals surface area (Å²) in [7, 11) is 0. The molecule has 19 heavy (non-hydrogen) atoms. The van der Waals surface area contributed by atoms with Gasteiger partial charge in [0, 0.05) is 6.07 Å². The van der Waals surface area contributed by atoms with Crippen LogP contribution in [0.3, 0.4) is 0 Å². The zero-order valence-corrected chi connectivity index (χ0v) is 11.6. The van der Waals surface area contributed by atoms with Crippen LogP contribution in [0.1, 0.15) is 20.8 Å². The molecule has 4 nitrogen and oxygen atoms in total. The summed E-state index contributed by atoms with van der Waals surface area (Å²) in [4.78, 5) is 0.